The van der Waals surface area contributed by atoms with Crippen molar-refractivity contribution in [3.63, 3.8) is 0 Å². The number of rotatable bonds is 2. The van der Waals surface area contributed by atoms with Gasteiger partial charge in [-0.05, 0) is 46.9 Å². The fourth-order valence-corrected chi connectivity index (χ4v) is 2.83. The first-order valence-electron chi connectivity index (χ1n) is 6.78. The maximum atomic E-state index is 2.45. The first kappa shape index (κ1) is 14.7. The predicted molar refractivity (Wildman–Crippen MR) is 77.3 cm³/mol. The Balaban J connectivity index is 0.00000133. The van der Waals surface area contributed by atoms with Gasteiger partial charge in [-0.15, -0.1) is 0 Å². The van der Waals surface area contributed by atoms with Crippen LogP contribution < -0.4 is 0 Å². The summed E-state index contributed by atoms with van der Waals surface area (Å²) < 4.78 is 0. The molecule has 2 aromatic rings. The molecule has 1 unspecified atom stereocenters. The summed E-state index contributed by atoms with van der Waals surface area (Å²) in [5.41, 5.74) is 5.72. The Labute approximate surface area is 135 Å². The molecule has 1 radical (unpaired) electrons. The number of hydrogen-bond acceptors (Lipinski definition) is 0. The van der Waals surface area contributed by atoms with Crippen LogP contribution >= 0.6 is 0 Å². The zero-order valence-corrected chi connectivity index (χ0v) is 14.0. The Morgan fingerprint density at radius 3 is 2.37 bits per heavy atom. The molecule has 1 heteroatoms. The minimum Gasteiger partial charge on any atom is -0.0625 e. The van der Waals surface area contributed by atoms with Gasteiger partial charge < -0.3 is 0 Å². The summed E-state index contributed by atoms with van der Waals surface area (Å²) in [4.78, 5) is 0. The van der Waals surface area contributed by atoms with Gasteiger partial charge in [-0.3, -0.25) is 0 Å². The second kappa shape index (κ2) is 6.18. The van der Waals surface area contributed by atoms with Crippen molar-refractivity contribution in [3.05, 3.63) is 66.1 Å². The average Bonchev–Trinajstić information content (AvgIpc) is 2.83. The third-order valence-corrected chi connectivity index (χ3v) is 3.99. The molecule has 1 aliphatic carbocycles. The van der Waals surface area contributed by atoms with Gasteiger partial charge >= 0.3 is 0 Å². The molecular formula is C18H19Zr. The van der Waals surface area contributed by atoms with E-state index in [1.54, 1.807) is 0 Å². The maximum absolute atomic E-state index is 2.45. The van der Waals surface area contributed by atoms with E-state index in [9.17, 15) is 0 Å². The van der Waals surface area contributed by atoms with Gasteiger partial charge in [0, 0.05) is 26.2 Å². The smallest absolute Gasteiger partial charge is 0 e. The van der Waals surface area contributed by atoms with Gasteiger partial charge in [0.2, 0.25) is 0 Å². The second-order valence-electron chi connectivity index (χ2n) is 5.52. The molecular weight excluding hydrogens is 307 g/mol. The van der Waals surface area contributed by atoms with Crippen molar-refractivity contribution in [2.24, 2.45) is 11.8 Å². The Bertz CT molecular complexity index is 543. The van der Waals surface area contributed by atoms with Crippen molar-refractivity contribution < 1.29 is 26.2 Å². The Morgan fingerprint density at radius 2 is 1.68 bits per heavy atom. The van der Waals surface area contributed by atoms with Crippen molar-refractivity contribution in [1.82, 2.24) is 0 Å². The summed E-state index contributed by atoms with van der Waals surface area (Å²) in [5, 5.41) is 0. The van der Waals surface area contributed by atoms with Crippen LogP contribution in [-0.4, -0.2) is 0 Å². The molecule has 0 bridgehead atoms. The summed E-state index contributed by atoms with van der Waals surface area (Å²) in [6.45, 7) is 4.63. The average molecular weight is 327 g/mol. The predicted octanol–water partition coefficient (Wildman–Crippen LogP) is 4.73. The SMILES string of the molecule is CC(C)C1[CH]c2cccc(-c3ccccc3)c2C1.[Zr]. The van der Waals surface area contributed by atoms with Crippen LogP contribution in [0.15, 0.2) is 48.5 Å². The molecule has 1 atom stereocenters. The largest absolute Gasteiger partial charge is 0.0625 e. The molecule has 0 nitrogen and oxygen atoms in total. The van der Waals surface area contributed by atoms with Crippen LogP contribution in [0.1, 0.15) is 25.0 Å². The van der Waals surface area contributed by atoms with Crippen LogP contribution in [0.4, 0.5) is 0 Å². The van der Waals surface area contributed by atoms with E-state index in [1.165, 1.54) is 28.7 Å². The molecule has 19 heavy (non-hydrogen) atoms. The van der Waals surface area contributed by atoms with Crippen molar-refractivity contribution in [2.45, 2.75) is 20.3 Å². The van der Waals surface area contributed by atoms with Gasteiger partial charge in [0.25, 0.3) is 0 Å². The van der Waals surface area contributed by atoms with Crippen LogP contribution in [-0.2, 0) is 32.6 Å². The third-order valence-electron chi connectivity index (χ3n) is 3.99. The Morgan fingerprint density at radius 1 is 0.947 bits per heavy atom. The van der Waals surface area contributed by atoms with E-state index < -0.39 is 0 Å². The molecule has 0 aromatic heterocycles. The quantitative estimate of drug-likeness (QED) is 0.748. The zero-order valence-electron chi connectivity index (χ0n) is 11.6. The first-order chi connectivity index (χ1) is 8.75. The normalized spacial score (nSPS) is 17.1. The minimum atomic E-state index is 0. The minimum absolute atomic E-state index is 0. The molecule has 0 saturated heterocycles. The summed E-state index contributed by atoms with van der Waals surface area (Å²) in [7, 11) is 0. The van der Waals surface area contributed by atoms with E-state index >= 15 is 0 Å². The van der Waals surface area contributed by atoms with Gasteiger partial charge in [-0.2, -0.15) is 0 Å². The standard InChI is InChI=1S/C18H19.Zr/c1-13(2)16-11-15-9-6-10-17(18(15)12-16)14-7-4-3-5-8-14;/h3-11,13,16H,12H2,1-2H3;. The van der Waals surface area contributed by atoms with Crippen LogP contribution in [0.3, 0.4) is 0 Å². The van der Waals surface area contributed by atoms with Gasteiger partial charge in [0.1, 0.15) is 0 Å². The van der Waals surface area contributed by atoms with Crippen molar-refractivity contribution in [3.8, 4) is 11.1 Å². The van der Waals surface area contributed by atoms with Crippen LogP contribution in [0.5, 0.6) is 0 Å². The van der Waals surface area contributed by atoms with E-state index in [1.807, 2.05) is 0 Å². The Kier molecular flexibility index (Phi) is 4.79. The number of benzene rings is 2. The summed E-state index contributed by atoms with van der Waals surface area (Å²) in [5.74, 6) is 1.42. The molecule has 1 aliphatic rings. The number of fused-ring (bicyclic) bond motifs is 1. The van der Waals surface area contributed by atoms with Gasteiger partial charge in [0.15, 0.2) is 0 Å². The van der Waals surface area contributed by atoms with Crippen molar-refractivity contribution in [1.29, 1.82) is 0 Å². The second-order valence-corrected chi connectivity index (χ2v) is 5.52. The molecule has 0 saturated carbocycles. The third kappa shape index (κ3) is 2.92. The van der Waals surface area contributed by atoms with Crippen molar-refractivity contribution >= 4 is 0 Å². The zero-order chi connectivity index (χ0) is 12.5. The van der Waals surface area contributed by atoms with Crippen LogP contribution in [0, 0.1) is 18.3 Å². The Hall–Kier alpha value is -0.677. The van der Waals surface area contributed by atoms with Crippen molar-refractivity contribution in [2.75, 3.05) is 0 Å². The fraction of sp³-hybridized carbons (Fsp3) is 0.278. The van der Waals surface area contributed by atoms with Crippen LogP contribution in [0.2, 0.25) is 0 Å². The molecule has 2 aromatic carbocycles. The maximum Gasteiger partial charge on any atom is 0 e. The molecule has 0 fully saturated rings. The molecule has 0 amide bonds. The van der Waals surface area contributed by atoms with E-state index in [0.29, 0.717) is 5.92 Å². The molecule has 0 aliphatic heterocycles. The molecule has 0 spiro atoms. The molecule has 0 heterocycles. The number of hydrogen-bond donors (Lipinski definition) is 0. The summed E-state index contributed by atoms with van der Waals surface area (Å²) >= 11 is 0. The summed E-state index contributed by atoms with van der Waals surface area (Å²) in [6, 6.07) is 17.4. The fourth-order valence-electron chi connectivity index (χ4n) is 2.83. The van der Waals surface area contributed by atoms with Gasteiger partial charge in [-0.25, -0.2) is 0 Å². The monoisotopic (exact) mass is 325 g/mol. The van der Waals surface area contributed by atoms with E-state index in [-0.39, 0.29) is 26.2 Å². The first-order valence-corrected chi connectivity index (χ1v) is 6.78. The van der Waals surface area contributed by atoms with Crippen LogP contribution in [0.25, 0.3) is 11.1 Å². The molecule has 3 rings (SSSR count). The topological polar surface area (TPSA) is 0 Å². The van der Waals surface area contributed by atoms with Gasteiger partial charge in [-0.1, -0.05) is 62.4 Å². The van der Waals surface area contributed by atoms with E-state index in [0.717, 1.165) is 5.92 Å². The summed E-state index contributed by atoms with van der Waals surface area (Å²) in [6.07, 6.45) is 3.64. The van der Waals surface area contributed by atoms with E-state index in [4.69, 9.17) is 0 Å². The molecule has 0 N–H and O–H groups in total. The molecule has 95 valence electrons. The van der Waals surface area contributed by atoms with E-state index in [2.05, 4.69) is 68.8 Å². The van der Waals surface area contributed by atoms with Gasteiger partial charge in [0.05, 0.1) is 0 Å².